The van der Waals surface area contributed by atoms with Gasteiger partial charge >= 0.3 is 12.0 Å². The second kappa shape index (κ2) is 7.16. The number of rotatable bonds is 6. The number of amides is 2. The molecule has 0 radical (unpaired) electrons. The molecule has 3 N–H and O–H groups in total. The molecule has 98 valence electrons. The van der Waals surface area contributed by atoms with Crippen molar-refractivity contribution in [2.24, 2.45) is 0 Å². The molecule has 0 aliphatic rings. The highest BCUT2D eigenvalue weighted by Crippen LogP contribution is 2.17. The van der Waals surface area contributed by atoms with Gasteiger partial charge in [0.1, 0.15) is 12.3 Å². The molecule has 0 aliphatic carbocycles. The molecule has 2 amide bonds. The molecule has 0 heterocycles. The molecule has 0 unspecified atom stereocenters. The van der Waals surface area contributed by atoms with E-state index in [2.05, 4.69) is 10.6 Å². The Morgan fingerprint density at radius 2 is 2.00 bits per heavy atom. The molecule has 0 spiro atoms. The number of nitrogens with one attached hydrogen (secondary N) is 2. The van der Waals surface area contributed by atoms with Crippen LogP contribution in [0.1, 0.15) is 12.5 Å². The van der Waals surface area contributed by atoms with E-state index in [1.807, 2.05) is 31.2 Å². The van der Waals surface area contributed by atoms with Gasteiger partial charge in [-0.1, -0.05) is 25.1 Å². The molecular weight excluding hydrogens is 236 g/mol. The van der Waals surface area contributed by atoms with E-state index in [1.54, 1.807) is 0 Å². The number of para-hydroxylation sites is 1. The monoisotopic (exact) mass is 252 g/mol. The number of carbonyl (C=O) groups is 2. The maximum Gasteiger partial charge on any atom is 0.323 e. The van der Waals surface area contributed by atoms with Crippen molar-refractivity contribution < 1.29 is 19.4 Å². The molecule has 0 aliphatic heterocycles. The van der Waals surface area contributed by atoms with Crippen LogP contribution in [0, 0.1) is 0 Å². The summed E-state index contributed by atoms with van der Waals surface area (Å²) in [6.45, 7) is 1.58. The molecule has 18 heavy (non-hydrogen) atoms. The molecule has 0 bridgehead atoms. The van der Waals surface area contributed by atoms with Crippen molar-refractivity contribution >= 4 is 12.0 Å². The summed E-state index contributed by atoms with van der Waals surface area (Å²) < 4.78 is 5.39. The lowest BCUT2D eigenvalue weighted by atomic mass is 10.1. The molecule has 0 saturated carbocycles. The van der Waals surface area contributed by atoms with Gasteiger partial charge in [-0.05, 0) is 18.1 Å². The van der Waals surface area contributed by atoms with Gasteiger partial charge in [-0.2, -0.15) is 0 Å². The lowest BCUT2D eigenvalue weighted by Crippen LogP contribution is -2.40. The highest BCUT2D eigenvalue weighted by molar-refractivity contribution is 5.79. The minimum atomic E-state index is -1.10. The van der Waals surface area contributed by atoms with Crippen molar-refractivity contribution in [3.63, 3.8) is 0 Å². The Labute approximate surface area is 105 Å². The Morgan fingerprint density at radius 1 is 1.28 bits per heavy atom. The summed E-state index contributed by atoms with van der Waals surface area (Å²) >= 11 is 0. The number of carboxylic acids is 1. The summed E-state index contributed by atoms with van der Waals surface area (Å²) in [7, 11) is 0. The molecule has 1 aromatic rings. The number of aliphatic carboxylic acids is 1. The van der Waals surface area contributed by atoms with E-state index in [9.17, 15) is 9.59 Å². The highest BCUT2D eigenvalue weighted by atomic mass is 16.5. The standard InChI is InChI=1S/C12H16N2O4/c1-2-9-5-3-4-6-10(9)18-8-14-12(17)13-7-11(15)16/h3-6H,2,7-8H2,1H3,(H,15,16)(H2,13,14,17). The topological polar surface area (TPSA) is 87.7 Å². The lowest BCUT2D eigenvalue weighted by Gasteiger charge is -2.11. The minimum Gasteiger partial charge on any atom is -0.480 e. The number of aryl methyl sites for hydroxylation is 1. The molecule has 6 nitrogen and oxygen atoms in total. The third kappa shape index (κ3) is 4.73. The van der Waals surface area contributed by atoms with Crippen molar-refractivity contribution in [2.75, 3.05) is 13.3 Å². The van der Waals surface area contributed by atoms with Gasteiger partial charge in [0.2, 0.25) is 0 Å². The summed E-state index contributed by atoms with van der Waals surface area (Å²) in [6.07, 6.45) is 0.835. The average molecular weight is 252 g/mol. The van der Waals surface area contributed by atoms with E-state index >= 15 is 0 Å². The van der Waals surface area contributed by atoms with Gasteiger partial charge in [0, 0.05) is 0 Å². The zero-order valence-electron chi connectivity index (χ0n) is 10.1. The fraction of sp³-hybridized carbons (Fsp3) is 0.333. The Bertz CT molecular complexity index is 420. The smallest absolute Gasteiger partial charge is 0.323 e. The first-order valence-corrected chi connectivity index (χ1v) is 5.57. The summed E-state index contributed by atoms with van der Waals surface area (Å²) in [5.41, 5.74) is 1.05. The largest absolute Gasteiger partial charge is 0.480 e. The first kappa shape index (κ1) is 13.8. The van der Waals surface area contributed by atoms with Crippen molar-refractivity contribution in [3.8, 4) is 5.75 Å². The van der Waals surface area contributed by atoms with Crippen LogP contribution in [0.3, 0.4) is 0 Å². The Balaban J connectivity index is 2.33. The third-order valence-corrected chi connectivity index (χ3v) is 2.21. The molecular formula is C12H16N2O4. The minimum absolute atomic E-state index is 0.0114. The number of hydrogen-bond donors (Lipinski definition) is 3. The fourth-order valence-corrected chi connectivity index (χ4v) is 1.33. The summed E-state index contributed by atoms with van der Waals surface area (Å²) in [4.78, 5) is 21.3. The van der Waals surface area contributed by atoms with Gasteiger partial charge < -0.3 is 20.5 Å². The SMILES string of the molecule is CCc1ccccc1OCNC(=O)NCC(=O)O. The van der Waals surface area contributed by atoms with E-state index < -0.39 is 18.5 Å². The zero-order valence-corrected chi connectivity index (χ0v) is 10.1. The quantitative estimate of drug-likeness (QED) is 0.658. The lowest BCUT2D eigenvalue weighted by molar-refractivity contribution is -0.135. The molecule has 6 heteroatoms. The summed E-state index contributed by atoms with van der Waals surface area (Å²) in [6, 6.07) is 6.94. The highest BCUT2D eigenvalue weighted by Gasteiger charge is 2.04. The second-order valence-corrected chi connectivity index (χ2v) is 3.50. The maximum atomic E-state index is 11.1. The number of carbonyl (C=O) groups excluding carboxylic acids is 1. The molecule has 0 saturated heterocycles. The van der Waals surface area contributed by atoms with Crippen LogP contribution in [-0.4, -0.2) is 30.4 Å². The van der Waals surface area contributed by atoms with Crippen LogP contribution in [0.15, 0.2) is 24.3 Å². The van der Waals surface area contributed by atoms with Crippen molar-refractivity contribution in [2.45, 2.75) is 13.3 Å². The molecule has 0 fully saturated rings. The van der Waals surface area contributed by atoms with Gasteiger partial charge in [-0.25, -0.2) is 4.79 Å². The van der Waals surface area contributed by atoms with E-state index in [-0.39, 0.29) is 6.73 Å². The van der Waals surface area contributed by atoms with Gasteiger partial charge in [-0.15, -0.1) is 0 Å². The number of ether oxygens (including phenoxy) is 1. The van der Waals surface area contributed by atoms with Crippen LogP contribution < -0.4 is 15.4 Å². The first-order chi connectivity index (χ1) is 8.63. The number of carboxylic acid groups (broad SMARTS) is 1. The number of urea groups is 1. The van der Waals surface area contributed by atoms with Crippen LogP contribution in [-0.2, 0) is 11.2 Å². The summed E-state index contributed by atoms with van der Waals surface area (Å²) in [5, 5.41) is 12.9. The van der Waals surface area contributed by atoms with E-state index in [1.165, 1.54) is 0 Å². The van der Waals surface area contributed by atoms with Crippen LogP contribution in [0.2, 0.25) is 0 Å². The van der Waals surface area contributed by atoms with Crippen LogP contribution >= 0.6 is 0 Å². The van der Waals surface area contributed by atoms with E-state index in [0.717, 1.165) is 12.0 Å². The van der Waals surface area contributed by atoms with Crippen molar-refractivity contribution in [1.82, 2.24) is 10.6 Å². The Kier molecular flexibility index (Phi) is 5.50. The van der Waals surface area contributed by atoms with Crippen LogP contribution in [0.25, 0.3) is 0 Å². The predicted octanol–water partition coefficient (Wildman–Crippen LogP) is 0.969. The van der Waals surface area contributed by atoms with Crippen molar-refractivity contribution in [1.29, 1.82) is 0 Å². The summed E-state index contributed by atoms with van der Waals surface area (Å²) in [5.74, 6) is -0.388. The van der Waals surface area contributed by atoms with Gasteiger partial charge in [0.05, 0.1) is 0 Å². The number of hydrogen-bond acceptors (Lipinski definition) is 3. The van der Waals surface area contributed by atoms with Gasteiger partial charge in [-0.3, -0.25) is 4.79 Å². The maximum absolute atomic E-state index is 11.1. The first-order valence-electron chi connectivity index (χ1n) is 5.57. The van der Waals surface area contributed by atoms with E-state index in [4.69, 9.17) is 9.84 Å². The Hall–Kier alpha value is -2.24. The van der Waals surface area contributed by atoms with Crippen LogP contribution in [0.4, 0.5) is 4.79 Å². The Morgan fingerprint density at radius 3 is 2.67 bits per heavy atom. The second-order valence-electron chi connectivity index (χ2n) is 3.50. The molecule has 1 aromatic carbocycles. The normalized spacial score (nSPS) is 9.61. The molecule has 0 aromatic heterocycles. The van der Waals surface area contributed by atoms with Gasteiger partial charge in [0.15, 0.2) is 6.73 Å². The third-order valence-electron chi connectivity index (χ3n) is 2.21. The average Bonchev–Trinajstić information content (AvgIpc) is 2.37. The van der Waals surface area contributed by atoms with Crippen LogP contribution in [0.5, 0.6) is 5.75 Å². The van der Waals surface area contributed by atoms with E-state index in [0.29, 0.717) is 5.75 Å². The number of benzene rings is 1. The molecule has 0 atom stereocenters. The fourth-order valence-electron chi connectivity index (χ4n) is 1.33. The molecule has 1 rings (SSSR count). The van der Waals surface area contributed by atoms with Gasteiger partial charge in [0.25, 0.3) is 0 Å². The van der Waals surface area contributed by atoms with Crippen molar-refractivity contribution in [3.05, 3.63) is 29.8 Å². The zero-order chi connectivity index (χ0) is 13.4. The predicted molar refractivity (Wildman–Crippen MR) is 65.5 cm³/mol.